The molecule has 3 nitrogen and oxygen atoms in total. The molecule has 1 fully saturated rings. The van der Waals surface area contributed by atoms with Gasteiger partial charge in [-0.05, 0) is 6.92 Å². The van der Waals surface area contributed by atoms with Crippen molar-refractivity contribution in [1.29, 1.82) is 0 Å². The molecule has 1 unspecified atom stereocenters. The first-order chi connectivity index (χ1) is 4.74. The zero-order valence-corrected chi connectivity index (χ0v) is 7.40. The van der Waals surface area contributed by atoms with Gasteiger partial charge in [-0.1, -0.05) is 9.39 Å². The van der Waals surface area contributed by atoms with E-state index in [1.807, 2.05) is 0 Å². The number of hydrogen-bond donors (Lipinski definition) is 2. The molecule has 0 aromatic heterocycles. The predicted octanol–water partition coefficient (Wildman–Crippen LogP) is -0.569. The number of piperazine rings is 1. The van der Waals surface area contributed by atoms with Gasteiger partial charge in [0.05, 0.1) is 6.61 Å². The third-order valence-corrected chi connectivity index (χ3v) is 2.64. The highest BCUT2D eigenvalue weighted by molar-refractivity contribution is 7.13. The minimum absolute atomic E-state index is 0.234. The maximum Gasteiger partial charge on any atom is 0.0597 e. The maximum absolute atomic E-state index is 8.80. The molecule has 1 saturated heterocycles. The molecule has 10 heavy (non-hydrogen) atoms. The predicted molar refractivity (Wildman–Crippen MR) is 44.8 cm³/mol. The van der Waals surface area contributed by atoms with Crippen molar-refractivity contribution in [2.75, 3.05) is 19.7 Å². The van der Waals surface area contributed by atoms with E-state index in [1.165, 1.54) is 0 Å². The Morgan fingerprint density at radius 1 is 1.80 bits per heavy atom. The van der Waals surface area contributed by atoms with E-state index in [4.69, 9.17) is 5.11 Å². The number of rotatable bonds is 1. The molecule has 0 aliphatic carbocycles. The summed E-state index contributed by atoms with van der Waals surface area (Å²) in [5, 5.41) is 12.0. The minimum Gasteiger partial charge on any atom is -0.395 e. The molecule has 0 aromatic rings. The van der Waals surface area contributed by atoms with Crippen LogP contribution in [-0.2, 0) is 0 Å². The molecular formula is C6H15N2OP. The van der Waals surface area contributed by atoms with Gasteiger partial charge in [-0.15, -0.1) is 0 Å². The van der Waals surface area contributed by atoms with Gasteiger partial charge in [-0.2, -0.15) is 0 Å². The Bertz CT molecular complexity index is 112. The molecule has 0 spiro atoms. The Kier molecular flexibility index (Phi) is 3.05. The number of nitrogens with one attached hydrogen (secondary N) is 1. The normalized spacial score (nSPS) is 36.3. The summed E-state index contributed by atoms with van der Waals surface area (Å²) >= 11 is 0. The summed E-state index contributed by atoms with van der Waals surface area (Å²) in [4.78, 5) is 0. The van der Waals surface area contributed by atoms with Crippen LogP contribution < -0.4 is 5.32 Å². The Balaban J connectivity index is 2.33. The smallest absolute Gasteiger partial charge is 0.0597 e. The van der Waals surface area contributed by atoms with Crippen LogP contribution in [0.5, 0.6) is 0 Å². The van der Waals surface area contributed by atoms with Gasteiger partial charge in [0.25, 0.3) is 0 Å². The van der Waals surface area contributed by atoms with Crippen LogP contribution in [0.25, 0.3) is 0 Å². The highest BCUT2D eigenvalue weighted by Crippen LogP contribution is 2.10. The zero-order valence-electron chi connectivity index (χ0n) is 6.25. The average molecular weight is 162 g/mol. The van der Waals surface area contributed by atoms with E-state index in [1.54, 1.807) is 0 Å². The number of hydrogen-bond acceptors (Lipinski definition) is 3. The first kappa shape index (κ1) is 8.41. The molecule has 0 radical (unpaired) electrons. The highest BCUT2D eigenvalue weighted by atomic mass is 31.0. The van der Waals surface area contributed by atoms with Crippen molar-refractivity contribution in [3.05, 3.63) is 0 Å². The van der Waals surface area contributed by atoms with Gasteiger partial charge in [0.1, 0.15) is 0 Å². The van der Waals surface area contributed by atoms with Gasteiger partial charge in [-0.3, -0.25) is 4.67 Å². The van der Waals surface area contributed by atoms with Crippen molar-refractivity contribution in [2.45, 2.75) is 19.0 Å². The maximum atomic E-state index is 8.80. The number of aliphatic hydroxyl groups excluding tert-OH is 1. The molecule has 0 saturated carbocycles. The molecule has 1 aliphatic heterocycles. The van der Waals surface area contributed by atoms with E-state index in [0.717, 1.165) is 13.1 Å². The quantitative estimate of drug-likeness (QED) is 0.507. The summed E-state index contributed by atoms with van der Waals surface area (Å²) in [6.07, 6.45) is 0. The van der Waals surface area contributed by atoms with E-state index in [0.29, 0.717) is 6.04 Å². The van der Waals surface area contributed by atoms with Crippen LogP contribution in [0.1, 0.15) is 6.92 Å². The van der Waals surface area contributed by atoms with Gasteiger partial charge >= 0.3 is 0 Å². The van der Waals surface area contributed by atoms with Crippen molar-refractivity contribution in [3.8, 4) is 0 Å². The van der Waals surface area contributed by atoms with E-state index in [9.17, 15) is 0 Å². The lowest BCUT2D eigenvalue weighted by molar-refractivity contribution is 0.176. The van der Waals surface area contributed by atoms with Crippen molar-refractivity contribution < 1.29 is 5.11 Å². The van der Waals surface area contributed by atoms with Gasteiger partial charge in [-0.25, -0.2) is 0 Å². The second kappa shape index (κ2) is 3.63. The van der Waals surface area contributed by atoms with E-state index >= 15 is 0 Å². The fourth-order valence-corrected chi connectivity index (χ4v) is 1.44. The Hall–Kier alpha value is 0.310. The zero-order chi connectivity index (χ0) is 7.56. The number of aliphatic hydroxyl groups is 1. The highest BCUT2D eigenvalue weighted by Gasteiger charge is 2.20. The monoisotopic (exact) mass is 162 g/mol. The van der Waals surface area contributed by atoms with Gasteiger partial charge < -0.3 is 10.4 Å². The largest absolute Gasteiger partial charge is 0.395 e. The van der Waals surface area contributed by atoms with Crippen LogP contribution in [0.3, 0.4) is 0 Å². The Labute approximate surface area is 64.0 Å². The molecule has 1 rings (SSSR count). The van der Waals surface area contributed by atoms with E-state index in [-0.39, 0.29) is 12.6 Å². The molecular weight excluding hydrogens is 147 g/mol. The first-order valence-electron chi connectivity index (χ1n) is 3.59. The van der Waals surface area contributed by atoms with Crippen LogP contribution in [-0.4, -0.2) is 41.6 Å². The molecule has 1 aliphatic rings. The standard InChI is InChI=1S/C6H15N2OP/c1-5-2-7-6(4-9)3-8(5)10/h5-7,9H,2-4,10H2,1H3/t5-,6-/m1/s1. The molecule has 4 heteroatoms. The topological polar surface area (TPSA) is 35.5 Å². The molecule has 0 bridgehead atoms. The minimum atomic E-state index is 0.234. The van der Waals surface area contributed by atoms with Crippen molar-refractivity contribution in [2.24, 2.45) is 0 Å². The van der Waals surface area contributed by atoms with Gasteiger partial charge in [0.15, 0.2) is 0 Å². The first-order valence-corrected chi connectivity index (χ1v) is 4.11. The third kappa shape index (κ3) is 1.89. The lowest BCUT2D eigenvalue weighted by atomic mass is 10.2. The Morgan fingerprint density at radius 3 is 3.00 bits per heavy atom. The van der Waals surface area contributed by atoms with Crippen molar-refractivity contribution in [1.82, 2.24) is 9.99 Å². The van der Waals surface area contributed by atoms with E-state index < -0.39 is 0 Å². The van der Waals surface area contributed by atoms with Gasteiger partial charge in [0, 0.05) is 25.2 Å². The van der Waals surface area contributed by atoms with Crippen LogP contribution in [0.15, 0.2) is 0 Å². The summed E-state index contributed by atoms with van der Waals surface area (Å²) in [5.74, 6) is 0. The van der Waals surface area contributed by atoms with E-state index in [2.05, 4.69) is 26.3 Å². The Morgan fingerprint density at radius 2 is 2.50 bits per heavy atom. The molecule has 0 amide bonds. The fourth-order valence-electron chi connectivity index (χ4n) is 1.08. The second-order valence-electron chi connectivity index (χ2n) is 2.83. The van der Waals surface area contributed by atoms with Crippen LogP contribution in [0, 0.1) is 0 Å². The molecule has 2 N–H and O–H groups in total. The van der Waals surface area contributed by atoms with Crippen LogP contribution in [0.4, 0.5) is 0 Å². The summed E-state index contributed by atoms with van der Waals surface area (Å²) < 4.78 is 2.18. The second-order valence-corrected chi connectivity index (χ2v) is 3.50. The average Bonchev–Trinajstić information content (AvgIpc) is 1.95. The SMILES string of the molecule is C[C@@H]1CN[C@@H](CO)CN1P. The lowest BCUT2D eigenvalue weighted by Gasteiger charge is -2.34. The lowest BCUT2D eigenvalue weighted by Crippen LogP contribution is -2.52. The summed E-state index contributed by atoms with van der Waals surface area (Å²) in [6, 6.07) is 0.821. The summed E-state index contributed by atoms with van der Waals surface area (Å²) in [6.45, 7) is 4.28. The third-order valence-electron chi connectivity index (χ3n) is 1.92. The summed E-state index contributed by atoms with van der Waals surface area (Å²) in [5.41, 5.74) is 0. The number of nitrogens with zero attached hydrogens (tertiary/aromatic N) is 1. The van der Waals surface area contributed by atoms with Crippen molar-refractivity contribution in [3.63, 3.8) is 0 Å². The molecule has 60 valence electrons. The van der Waals surface area contributed by atoms with Crippen molar-refractivity contribution >= 4 is 9.39 Å². The van der Waals surface area contributed by atoms with Crippen LogP contribution >= 0.6 is 9.39 Å². The fraction of sp³-hybridized carbons (Fsp3) is 1.00. The van der Waals surface area contributed by atoms with Gasteiger partial charge in [0.2, 0.25) is 0 Å². The van der Waals surface area contributed by atoms with Crippen LogP contribution in [0.2, 0.25) is 0 Å². The molecule has 3 atom stereocenters. The molecule has 0 aromatic carbocycles. The molecule has 1 heterocycles. The summed E-state index contributed by atoms with van der Waals surface area (Å²) in [7, 11) is 2.68.